The van der Waals surface area contributed by atoms with Crippen molar-refractivity contribution in [3.8, 4) is 5.75 Å². The van der Waals surface area contributed by atoms with Crippen molar-refractivity contribution < 1.29 is 4.74 Å². The number of hydrogen-bond donors (Lipinski definition) is 1. The van der Waals surface area contributed by atoms with Crippen LogP contribution in [0.4, 0.5) is 5.69 Å². The lowest BCUT2D eigenvalue weighted by Gasteiger charge is -2.19. The Kier molecular flexibility index (Phi) is 3.66. The molecular formula is C16H16N4O. The molecule has 0 unspecified atom stereocenters. The topological polar surface area (TPSA) is 64.3 Å². The Hall–Kier alpha value is -2.66. The first-order valence-corrected chi connectivity index (χ1v) is 6.63. The number of pyridine rings is 2. The molecule has 0 radical (unpaired) electrons. The number of rotatable bonds is 4. The zero-order chi connectivity index (χ0) is 14.7. The molecule has 0 aliphatic rings. The summed E-state index contributed by atoms with van der Waals surface area (Å²) in [4.78, 5) is 8.66. The van der Waals surface area contributed by atoms with Gasteiger partial charge in [0.05, 0.1) is 24.9 Å². The van der Waals surface area contributed by atoms with E-state index in [-0.39, 0.29) is 0 Å². The standard InChI is InChI=1S/C16H16N4O/c1-21-13-6-4-12(5-7-13)11-20(17)15-8-10-18-14-3-2-9-19-16(14)15/h2-10H,11,17H2,1H3. The highest BCUT2D eigenvalue weighted by atomic mass is 16.5. The largest absolute Gasteiger partial charge is 0.497 e. The van der Waals surface area contributed by atoms with E-state index >= 15 is 0 Å². The molecule has 3 rings (SSSR count). The molecule has 0 bridgehead atoms. The van der Waals surface area contributed by atoms with Crippen LogP contribution in [0.15, 0.2) is 54.9 Å². The first-order chi connectivity index (χ1) is 10.3. The van der Waals surface area contributed by atoms with E-state index in [1.807, 2.05) is 42.5 Å². The zero-order valence-electron chi connectivity index (χ0n) is 11.7. The number of hydrazine groups is 1. The molecule has 0 saturated heterocycles. The third-order valence-electron chi connectivity index (χ3n) is 3.30. The highest BCUT2D eigenvalue weighted by Gasteiger charge is 2.09. The number of benzene rings is 1. The molecule has 106 valence electrons. The van der Waals surface area contributed by atoms with Crippen molar-refractivity contribution in [2.75, 3.05) is 12.1 Å². The second-order valence-electron chi connectivity index (χ2n) is 4.68. The van der Waals surface area contributed by atoms with Gasteiger partial charge in [-0.1, -0.05) is 12.1 Å². The lowest BCUT2D eigenvalue weighted by Crippen LogP contribution is -2.30. The highest BCUT2D eigenvalue weighted by molar-refractivity contribution is 5.87. The number of anilines is 1. The summed E-state index contributed by atoms with van der Waals surface area (Å²) in [6, 6.07) is 13.5. The van der Waals surface area contributed by atoms with E-state index in [0.717, 1.165) is 28.0 Å². The molecule has 0 aliphatic heterocycles. The lowest BCUT2D eigenvalue weighted by atomic mass is 10.2. The Labute approximate surface area is 123 Å². The van der Waals surface area contributed by atoms with E-state index in [9.17, 15) is 0 Å². The highest BCUT2D eigenvalue weighted by Crippen LogP contribution is 2.22. The van der Waals surface area contributed by atoms with E-state index < -0.39 is 0 Å². The number of fused-ring (bicyclic) bond motifs is 1. The Balaban J connectivity index is 1.88. The van der Waals surface area contributed by atoms with Gasteiger partial charge >= 0.3 is 0 Å². The van der Waals surface area contributed by atoms with Gasteiger partial charge < -0.3 is 9.75 Å². The molecule has 0 amide bonds. The maximum absolute atomic E-state index is 6.20. The van der Waals surface area contributed by atoms with E-state index in [1.165, 1.54) is 0 Å². The Bertz CT molecular complexity index is 737. The number of ether oxygens (including phenoxy) is 1. The fraction of sp³-hybridized carbons (Fsp3) is 0.125. The van der Waals surface area contributed by atoms with E-state index in [2.05, 4.69) is 9.97 Å². The van der Waals surface area contributed by atoms with E-state index in [1.54, 1.807) is 24.5 Å². The number of methoxy groups -OCH3 is 1. The van der Waals surface area contributed by atoms with Crippen LogP contribution in [0.2, 0.25) is 0 Å². The van der Waals surface area contributed by atoms with Crippen molar-refractivity contribution in [2.24, 2.45) is 5.84 Å². The first-order valence-electron chi connectivity index (χ1n) is 6.63. The van der Waals surface area contributed by atoms with Crippen molar-refractivity contribution in [3.05, 3.63) is 60.4 Å². The normalized spacial score (nSPS) is 10.6. The van der Waals surface area contributed by atoms with Crippen molar-refractivity contribution >= 4 is 16.7 Å². The van der Waals surface area contributed by atoms with Crippen molar-refractivity contribution in [3.63, 3.8) is 0 Å². The van der Waals surface area contributed by atoms with Gasteiger partial charge in [-0.15, -0.1) is 0 Å². The van der Waals surface area contributed by atoms with Gasteiger partial charge in [0, 0.05) is 12.4 Å². The van der Waals surface area contributed by atoms with Crippen molar-refractivity contribution in [2.45, 2.75) is 6.54 Å². The second-order valence-corrected chi connectivity index (χ2v) is 4.68. The lowest BCUT2D eigenvalue weighted by molar-refractivity contribution is 0.414. The third kappa shape index (κ3) is 2.78. The predicted octanol–water partition coefficient (Wildman–Crippen LogP) is 2.52. The molecule has 1 aromatic carbocycles. The van der Waals surface area contributed by atoms with Crippen LogP contribution in [0.5, 0.6) is 5.75 Å². The minimum atomic E-state index is 0.583. The SMILES string of the molecule is COc1ccc(CN(N)c2ccnc3cccnc23)cc1. The summed E-state index contributed by atoms with van der Waals surface area (Å²) < 4.78 is 5.15. The smallest absolute Gasteiger partial charge is 0.118 e. The van der Waals surface area contributed by atoms with E-state index in [4.69, 9.17) is 10.6 Å². The summed E-state index contributed by atoms with van der Waals surface area (Å²) in [7, 11) is 1.65. The summed E-state index contributed by atoms with van der Waals surface area (Å²) in [6.07, 6.45) is 3.49. The molecule has 0 spiro atoms. The summed E-state index contributed by atoms with van der Waals surface area (Å²) in [6.45, 7) is 0.583. The molecule has 0 fully saturated rings. The fourth-order valence-electron chi connectivity index (χ4n) is 2.21. The molecule has 0 atom stereocenters. The Morgan fingerprint density at radius 1 is 1.05 bits per heavy atom. The minimum absolute atomic E-state index is 0.583. The van der Waals surface area contributed by atoms with Crippen LogP contribution in [-0.4, -0.2) is 17.1 Å². The third-order valence-corrected chi connectivity index (χ3v) is 3.30. The molecule has 5 nitrogen and oxygen atoms in total. The quantitative estimate of drug-likeness (QED) is 0.587. The first kappa shape index (κ1) is 13.3. The molecule has 0 aliphatic carbocycles. The summed E-state index contributed by atoms with van der Waals surface area (Å²) >= 11 is 0. The van der Waals surface area contributed by atoms with Gasteiger partial charge in [0.2, 0.25) is 0 Å². The maximum Gasteiger partial charge on any atom is 0.118 e. The van der Waals surface area contributed by atoms with Gasteiger partial charge in [-0.25, -0.2) is 5.84 Å². The number of hydrogen-bond acceptors (Lipinski definition) is 5. The monoisotopic (exact) mass is 280 g/mol. The maximum atomic E-state index is 6.20. The van der Waals surface area contributed by atoms with Gasteiger partial charge in [-0.05, 0) is 35.9 Å². The van der Waals surface area contributed by atoms with Gasteiger partial charge in [0.15, 0.2) is 0 Å². The number of nitrogens with zero attached hydrogens (tertiary/aromatic N) is 3. The van der Waals surface area contributed by atoms with E-state index in [0.29, 0.717) is 6.54 Å². The summed E-state index contributed by atoms with van der Waals surface area (Å²) in [5, 5.41) is 1.68. The van der Waals surface area contributed by atoms with Crippen LogP contribution in [0, 0.1) is 0 Å². The number of nitrogens with two attached hydrogens (primary N) is 1. The predicted molar refractivity (Wildman–Crippen MR) is 82.9 cm³/mol. The van der Waals surface area contributed by atoms with Crippen LogP contribution in [0.3, 0.4) is 0 Å². The molecule has 0 saturated carbocycles. The van der Waals surface area contributed by atoms with Crippen LogP contribution in [0.25, 0.3) is 11.0 Å². The van der Waals surface area contributed by atoms with Gasteiger partial charge in [0.1, 0.15) is 11.3 Å². The second kappa shape index (κ2) is 5.76. The van der Waals surface area contributed by atoms with Crippen LogP contribution in [0.1, 0.15) is 5.56 Å². The molecule has 5 heteroatoms. The van der Waals surface area contributed by atoms with Gasteiger partial charge in [-0.2, -0.15) is 0 Å². The number of aromatic nitrogens is 2. The van der Waals surface area contributed by atoms with Crippen LogP contribution < -0.4 is 15.6 Å². The zero-order valence-corrected chi connectivity index (χ0v) is 11.7. The molecule has 21 heavy (non-hydrogen) atoms. The minimum Gasteiger partial charge on any atom is -0.497 e. The van der Waals surface area contributed by atoms with Crippen LogP contribution >= 0.6 is 0 Å². The molecule has 2 heterocycles. The Morgan fingerprint density at radius 2 is 1.86 bits per heavy atom. The average molecular weight is 280 g/mol. The average Bonchev–Trinajstić information content (AvgIpc) is 2.55. The molecule has 3 aromatic rings. The summed E-state index contributed by atoms with van der Waals surface area (Å²) in [5.41, 5.74) is 3.59. The molecule has 2 N–H and O–H groups in total. The Morgan fingerprint density at radius 3 is 2.62 bits per heavy atom. The molecule has 2 aromatic heterocycles. The van der Waals surface area contributed by atoms with Gasteiger partial charge in [-0.3, -0.25) is 9.97 Å². The molecular weight excluding hydrogens is 264 g/mol. The van der Waals surface area contributed by atoms with Crippen molar-refractivity contribution in [1.82, 2.24) is 9.97 Å². The summed E-state index contributed by atoms with van der Waals surface area (Å²) in [5.74, 6) is 7.03. The fourth-order valence-corrected chi connectivity index (χ4v) is 2.21. The van der Waals surface area contributed by atoms with Crippen LogP contribution in [-0.2, 0) is 6.54 Å². The van der Waals surface area contributed by atoms with Gasteiger partial charge in [0.25, 0.3) is 0 Å². The van der Waals surface area contributed by atoms with Crippen molar-refractivity contribution in [1.29, 1.82) is 0 Å².